The fourth-order valence-corrected chi connectivity index (χ4v) is 2.75. The molecule has 90 valence electrons. The van der Waals surface area contributed by atoms with Crippen LogP contribution in [0, 0.1) is 0 Å². The number of hydrogen-bond acceptors (Lipinski definition) is 4. The van der Waals surface area contributed by atoms with Crippen molar-refractivity contribution in [1.29, 1.82) is 0 Å². The van der Waals surface area contributed by atoms with E-state index in [0.29, 0.717) is 6.54 Å². The van der Waals surface area contributed by atoms with Gasteiger partial charge >= 0.3 is 0 Å². The molecule has 18 heavy (non-hydrogen) atoms. The van der Waals surface area contributed by atoms with Crippen LogP contribution < -0.4 is 0 Å². The maximum absolute atomic E-state index is 6.15. The molecule has 6 heteroatoms. The fourth-order valence-electron chi connectivity index (χ4n) is 1.62. The molecule has 2 heterocycles. The Morgan fingerprint density at radius 2 is 2.17 bits per heavy atom. The van der Waals surface area contributed by atoms with Crippen molar-refractivity contribution in [2.45, 2.75) is 6.54 Å². The molecule has 0 atom stereocenters. The maximum Gasteiger partial charge on any atom is 0.137 e. The predicted molar refractivity (Wildman–Crippen MR) is 71.7 cm³/mol. The summed E-state index contributed by atoms with van der Waals surface area (Å²) in [7, 11) is 0. The molecule has 0 saturated heterocycles. The molecule has 0 bridgehead atoms. The zero-order valence-electron chi connectivity index (χ0n) is 9.32. The summed E-state index contributed by atoms with van der Waals surface area (Å²) in [6.45, 7) is 0.626. The van der Waals surface area contributed by atoms with Gasteiger partial charge in [-0.2, -0.15) is 5.10 Å². The topological polar surface area (TPSA) is 43.6 Å². The van der Waals surface area contributed by atoms with E-state index in [2.05, 4.69) is 15.1 Å². The molecular formula is C12H9ClN4S. The van der Waals surface area contributed by atoms with E-state index in [9.17, 15) is 0 Å². The second-order valence-corrected chi connectivity index (χ2v) is 4.98. The molecule has 0 unspecified atom stereocenters. The normalized spacial score (nSPS) is 10.7. The van der Waals surface area contributed by atoms with Crippen molar-refractivity contribution >= 4 is 22.9 Å². The minimum atomic E-state index is 0.626. The molecule has 3 aromatic rings. The molecule has 0 aliphatic heterocycles. The molecule has 3 rings (SSSR count). The van der Waals surface area contributed by atoms with E-state index in [4.69, 9.17) is 11.6 Å². The summed E-state index contributed by atoms with van der Waals surface area (Å²) in [4.78, 5) is 8.47. The van der Waals surface area contributed by atoms with Crippen LogP contribution in [0.3, 0.4) is 0 Å². The molecule has 1 aromatic carbocycles. The highest BCUT2D eigenvalue weighted by molar-refractivity contribution is 7.13. The van der Waals surface area contributed by atoms with Crippen molar-refractivity contribution in [3.8, 4) is 10.6 Å². The van der Waals surface area contributed by atoms with Gasteiger partial charge in [-0.05, 0) is 6.07 Å². The first-order chi connectivity index (χ1) is 8.83. The Morgan fingerprint density at radius 3 is 2.94 bits per heavy atom. The number of hydrogen-bond donors (Lipinski definition) is 0. The quantitative estimate of drug-likeness (QED) is 0.738. The second kappa shape index (κ2) is 4.88. The summed E-state index contributed by atoms with van der Waals surface area (Å²) in [6.07, 6.45) is 3.19. The van der Waals surface area contributed by atoms with Crippen LogP contribution in [0.1, 0.15) is 5.69 Å². The van der Waals surface area contributed by atoms with Gasteiger partial charge in [-0.25, -0.2) is 14.6 Å². The first-order valence-electron chi connectivity index (χ1n) is 5.34. The van der Waals surface area contributed by atoms with Crippen LogP contribution in [0.2, 0.25) is 5.02 Å². The van der Waals surface area contributed by atoms with Gasteiger partial charge in [0.15, 0.2) is 0 Å². The van der Waals surface area contributed by atoms with Gasteiger partial charge in [0.1, 0.15) is 17.7 Å². The van der Waals surface area contributed by atoms with Crippen LogP contribution in [0.15, 0.2) is 42.3 Å². The molecule has 0 N–H and O–H groups in total. The van der Waals surface area contributed by atoms with Gasteiger partial charge in [-0.15, -0.1) is 11.3 Å². The Labute approximate surface area is 113 Å². The summed E-state index contributed by atoms with van der Waals surface area (Å²) in [5, 5.41) is 7.72. The summed E-state index contributed by atoms with van der Waals surface area (Å²) in [6, 6.07) is 7.71. The van der Waals surface area contributed by atoms with E-state index in [-0.39, 0.29) is 0 Å². The molecule has 2 aromatic heterocycles. The average molecular weight is 277 g/mol. The van der Waals surface area contributed by atoms with Gasteiger partial charge in [0.25, 0.3) is 0 Å². The Morgan fingerprint density at radius 1 is 1.28 bits per heavy atom. The van der Waals surface area contributed by atoms with Gasteiger partial charge in [-0.1, -0.05) is 29.8 Å². The standard InChI is InChI=1S/C12H9ClN4S/c13-11-4-2-1-3-10(11)12-16-9(6-18-12)5-17-8-14-7-15-17/h1-4,6-8H,5H2. The number of benzene rings is 1. The molecule has 0 spiro atoms. The van der Waals surface area contributed by atoms with E-state index in [1.807, 2.05) is 29.6 Å². The van der Waals surface area contributed by atoms with E-state index in [1.54, 1.807) is 22.3 Å². The Bertz CT molecular complexity index is 648. The van der Waals surface area contributed by atoms with E-state index >= 15 is 0 Å². The van der Waals surface area contributed by atoms with Gasteiger partial charge in [0, 0.05) is 10.9 Å². The molecule has 0 aliphatic rings. The van der Waals surface area contributed by atoms with Crippen molar-refractivity contribution in [2.24, 2.45) is 0 Å². The Balaban J connectivity index is 1.88. The Hall–Kier alpha value is -1.72. The zero-order chi connectivity index (χ0) is 12.4. The van der Waals surface area contributed by atoms with E-state index in [1.165, 1.54) is 6.33 Å². The van der Waals surface area contributed by atoms with Crippen LogP contribution in [0.4, 0.5) is 0 Å². The van der Waals surface area contributed by atoms with Crippen molar-refractivity contribution < 1.29 is 0 Å². The summed E-state index contributed by atoms with van der Waals surface area (Å²) >= 11 is 7.73. The van der Waals surface area contributed by atoms with Crippen LogP contribution >= 0.6 is 22.9 Å². The minimum Gasteiger partial charge on any atom is -0.247 e. The SMILES string of the molecule is Clc1ccccc1-c1nc(Cn2cncn2)cs1. The molecular weight excluding hydrogens is 268 g/mol. The van der Waals surface area contributed by atoms with Crippen molar-refractivity contribution in [3.05, 3.63) is 53.0 Å². The van der Waals surface area contributed by atoms with E-state index in [0.717, 1.165) is 21.3 Å². The monoisotopic (exact) mass is 276 g/mol. The number of nitrogens with zero attached hydrogens (tertiary/aromatic N) is 4. The lowest BCUT2D eigenvalue weighted by Crippen LogP contribution is -1.99. The highest BCUT2D eigenvalue weighted by atomic mass is 35.5. The third kappa shape index (κ3) is 2.27. The molecule has 4 nitrogen and oxygen atoms in total. The number of rotatable bonds is 3. The fraction of sp³-hybridized carbons (Fsp3) is 0.0833. The lowest BCUT2D eigenvalue weighted by Gasteiger charge is -1.99. The third-order valence-electron chi connectivity index (χ3n) is 2.45. The first kappa shape index (κ1) is 11.4. The molecule has 0 saturated carbocycles. The predicted octanol–water partition coefficient (Wildman–Crippen LogP) is 3.10. The zero-order valence-corrected chi connectivity index (χ0v) is 10.9. The summed E-state index contributed by atoms with van der Waals surface area (Å²) in [5.41, 5.74) is 1.93. The van der Waals surface area contributed by atoms with Crippen molar-refractivity contribution in [1.82, 2.24) is 19.7 Å². The van der Waals surface area contributed by atoms with Crippen LogP contribution in [0.5, 0.6) is 0 Å². The smallest absolute Gasteiger partial charge is 0.137 e. The van der Waals surface area contributed by atoms with Crippen LogP contribution in [0.25, 0.3) is 10.6 Å². The van der Waals surface area contributed by atoms with Crippen molar-refractivity contribution in [3.63, 3.8) is 0 Å². The lowest BCUT2D eigenvalue weighted by atomic mass is 10.2. The second-order valence-electron chi connectivity index (χ2n) is 3.72. The van der Waals surface area contributed by atoms with Gasteiger partial charge in [0.2, 0.25) is 0 Å². The molecule has 0 aliphatic carbocycles. The summed E-state index contributed by atoms with van der Waals surface area (Å²) in [5.74, 6) is 0. The van der Waals surface area contributed by atoms with E-state index < -0.39 is 0 Å². The van der Waals surface area contributed by atoms with Crippen LogP contribution in [-0.2, 0) is 6.54 Å². The molecule has 0 amide bonds. The minimum absolute atomic E-state index is 0.626. The first-order valence-corrected chi connectivity index (χ1v) is 6.60. The number of halogens is 1. The van der Waals surface area contributed by atoms with Gasteiger partial charge in [-0.3, -0.25) is 0 Å². The van der Waals surface area contributed by atoms with Gasteiger partial charge < -0.3 is 0 Å². The third-order valence-corrected chi connectivity index (χ3v) is 3.70. The highest BCUT2D eigenvalue weighted by Crippen LogP contribution is 2.30. The number of thiazole rings is 1. The average Bonchev–Trinajstić information content (AvgIpc) is 3.02. The maximum atomic E-state index is 6.15. The lowest BCUT2D eigenvalue weighted by molar-refractivity contribution is 0.674. The highest BCUT2D eigenvalue weighted by Gasteiger charge is 2.08. The molecule has 0 radical (unpaired) electrons. The summed E-state index contributed by atoms with van der Waals surface area (Å²) < 4.78 is 1.74. The Kier molecular flexibility index (Phi) is 3.08. The largest absolute Gasteiger partial charge is 0.247 e. The van der Waals surface area contributed by atoms with Crippen molar-refractivity contribution in [2.75, 3.05) is 0 Å². The number of aromatic nitrogens is 4. The van der Waals surface area contributed by atoms with Gasteiger partial charge in [0.05, 0.1) is 17.3 Å². The molecule has 0 fully saturated rings. The van der Waals surface area contributed by atoms with Crippen LogP contribution in [-0.4, -0.2) is 19.7 Å².